The number of alkyl halides is 1. The third kappa shape index (κ3) is 3.03. The SMILES string of the molecule is C[C@H](Oc1cccc(CBr)c1)C(=O)O. The highest BCUT2D eigenvalue weighted by Gasteiger charge is 2.11. The van der Waals surface area contributed by atoms with Crippen molar-refractivity contribution in [2.45, 2.75) is 18.4 Å². The minimum absolute atomic E-state index is 0.580. The van der Waals surface area contributed by atoms with Crippen LogP contribution >= 0.6 is 15.9 Å². The summed E-state index contributed by atoms with van der Waals surface area (Å²) in [5, 5.41) is 9.36. The molecule has 0 aliphatic carbocycles. The van der Waals surface area contributed by atoms with Gasteiger partial charge in [-0.1, -0.05) is 28.1 Å². The lowest BCUT2D eigenvalue weighted by molar-refractivity contribution is -0.144. The van der Waals surface area contributed by atoms with E-state index in [1.54, 1.807) is 6.07 Å². The Balaban J connectivity index is 2.71. The number of ether oxygens (including phenoxy) is 1. The fourth-order valence-corrected chi connectivity index (χ4v) is 1.31. The van der Waals surface area contributed by atoms with Crippen LogP contribution in [0.5, 0.6) is 5.75 Å². The van der Waals surface area contributed by atoms with Crippen molar-refractivity contribution in [3.8, 4) is 5.75 Å². The molecule has 0 heterocycles. The van der Waals surface area contributed by atoms with E-state index in [1.807, 2.05) is 18.2 Å². The molecule has 76 valence electrons. The van der Waals surface area contributed by atoms with Crippen LogP contribution in [0.25, 0.3) is 0 Å². The molecule has 0 aliphatic rings. The van der Waals surface area contributed by atoms with Gasteiger partial charge in [0.2, 0.25) is 0 Å². The molecule has 0 unspecified atom stereocenters. The van der Waals surface area contributed by atoms with Gasteiger partial charge in [0.15, 0.2) is 6.10 Å². The molecule has 0 radical (unpaired) electrons. The van der Waals surface area contributed by atoms with Gasteiger partial charge in [0.1, 0.15) is 5.75 Å². The van der Waals surface area contributed by atoms with Gasteiger partial charge in [0, 0.05) is 5.33 Å². The summed E-state index contributed by atoms with van der Waals surface area (Å²) in [5.74, 6) is -0.383. The smallest absolute Gasteiger partial charge is 0.344 e. The van der Waals surface area contributed by atoms with E-state index in [9.17, 15) is 4.79 Å². The van der Waals surface area contributed by atoms with E-state index in [2.05, 4.69) is 15.9 Å². The molecular formula is C10H11BrO3. The minimum Gasteiger partial charge on any atom is -0.479 e. The zero-order valence-corrected chi connectivity index (χ0v) is 9.32. The van der Waals surface area contributed by atoms with Gasteiger partial charge in [-0.15, -0.1) is 0 Å². The Morgan fingerprint density at radius 1 is 1.64 bits per heavy atom. The van der Waals surface area contributed by atoms with Crippen LogP contribution in [-0.2, 0) is 10.1 Å². The first-order valence-electron chi connectivity index (χ1n) is 4.18. The zero-order chi connectivity index (χ0) is 10.6. The van der Waals surface area contributed by atoms with Crippen LogP contribution in [0.3, 0.4) is 0 Å². The Morgan fingerprint density at radius 3 is 2.93 bits per heavy atom. The van der Waals surface area contributed by atoms with Gasteiger partial charge in [-0.25, -0.2) is 4.79 Å². The van der Waals surface area contributed by atoms with Crippen molar-refractivity contribution in [3.63, 3.8) is 0 Å². The van der Waals surface area contributed by atoms with Crippen LogP contribution in [0.4, 0.5) is 0 Å². The highest BCUT2D eigenvalue weighted by molar-refractivity contribution is 9.08. The lowest BCUT2D eigenvalue weighted by Gasteiger charge is -2.10. The average Bonchev–Trinajstić information content (AvgIpc) is 2.18. The predicted octanol–water partition coefficient (Wildman–Crippen LogP) is 2.43. The molecule has 0 fully saturated rings. The minimum atomic E-state index is -0.964. The molecule has 4 heteroatoms. The van der Waals surface area contributed by atoms with Gasteiger partial charge >= 0.3 is 5.97 Å². The summed E-state index contributed by atoms with van der Waals surface area (Å²) in [7, 11) is 0. The Hall–Kier alpha value is -1.03. The fraction of sp³-hybridized carbons (Fsp3) is 0.300. The van der Waals surface area contributed by atoms with Crippen molar-refractivity contribution in [3.05, 3.63) is 29.8 Å². The molecule has 14 heavy (non-hydrogen) atoms. The average molecular weight is 259 g/mol. The molecule has 0 bridgehead atoms. The molecule has 0 spiro atoms. The molecule has 0 aliphatic heterocycles. The third-order valence-corrected chi connectivity index (χ3v) is 2.36. The zero-order valence-electron chi connectivity index (χ0n) is 7.74. The van der Waals surface area contributed by atoms with Gasteiger partial charge in [-0.3, -0.25) is 0 Å². The maximum absolute atomic E-state index is 10.5. The topological polar surface area (TPSA) is 46.5 Å². The van der Waals surface area contributed by atoms with Crippen LogP contribution in [0.15, 0.2) is 24.3 Å². The summed E-state index contributed by atoms with van der Waals surface area (Å²) < 4.78 is 5.20. The second-order valence-corrected chi connectivity index (χ2v) is 3.44. The normalized spacial score (nSPS) is 12.1. The first-order chi connectivity index (χ1) is 6.63. The van der Waals surface area contributed by atoms with Gasteiger partial charge in [0.05, 0.1) is 0 Å². The number of rotatable bonds is 4. The van der Waals surface area contributed by atoms with Crippen LogP contribution in [0.2, 0.25) is 0 Å². The van der Waals surface area contributed by atoms with E-state index < -0.39 is 12.1 Å². The predicted molar refractivity (Wildman–Crippen MR) is 56.8 cm³/mol. The van der Waals surface area contributed by atoms with E-state index in [-0.39, 0.29) is 0 Å². The highest BCUT2D eigenvalue weighted by atomic mass is 79.9. The molecular weight excluding hydrogens is 248 g/mol. The molecule has 0 saturated carbocycles. The summed E-state index contributed by atoms with van der Waals surface area (Å²) in [6.07, 6.45) is -0.819. The van der Waals surface area contributed by atoms with Crippen LogP contribution < -0.4 is 4.74 Å². The number of hydrogen-bond donors (Lipinski definition) is 1. The molecule has 0 saturated heterocycles. The standard InChI is InChI=1S/C10H11BrO3/c1-7(10(12)13)14-9-4-2-3-8(5-9)6-11/h2-5,7H,6H2,1H3,(H,12,13)/t7-/m0/s1. The second-order valence-electron chi connectivity index (χ2n) is 2.88. The highest BCUT2D eigenvalue weighted by Crippen LogP contribution is 2.16. The Labute approximate surface area is 90.8 Å². The van der Waals surface area contributed by atoms with Crippen LogP contribution in [0.1, 0.15) is 12.5 Å². The molecule has 1 rings (SSSR count). The number of hydrogen-bond acceptors (Lipinski definition) is 2. The Morgan fingerprint density at radius 2 is 2.36 bits per heavy atom. The summed E-state index contributed by atoms with van der Waals surface area (Å²) in [6, 6.07) is 7.33. The quantitative estimate of drug-likeness (QED) is 0.844. The first kappa shape index (κ1) is 11.0. The van der Waals surface area contributed by atoms with E-state index >= 15 is 0 Å². The lowest BCUT2D eigenvalue weighted by atomic mass is 10.2. The van der Waals surface area contributed by atoms with Crippen molar-refractivity contribution in [2.24, 2.45) is 0 Å². The Kier molecular flexibility index (Phi) is 3.95. The van der Waals surface area contributed by atoms with E-state index in [1.165, 1.54) is 6.92 Å². The van der Waals surface area contributed by atoms with Crippen molar-refractivity contribution >= 4 is 21.9 Å². The van der Waals surface area contributed by atoms with Crippen LogP contribution in [-0.4, -0.2) is 17.2 Å². The van der Waals surface area contributed by atoms with E-state index in [0.29, 0.717) is 5.75 Å². The first-order valence-corrected chi connectivity index (χ1v) is 5.30. The number of aliphatic carboxylic acids is 1. The van der Waals surface area contributed by atoms with Crippen molar-refractivity contribution in [1.29, 1.82) is 0 Å². The summed E-state index contributed by atoms with van der Waals surface area (Å²) >= 11 is 3.31. The largest absolute Gasteiger partial charge is 0.479 e. The third-order valence-electron chi connectivity index (χ3n) is 1.71. The van der Waals surface area contributed by atoms with Crippen LogP contribution in [0, 0.1) is 0 Å². The maximum Gasteiger partial charge on any atom is 0.344 e. The fourth-order valence-electron chi connectivity index (χ4n) is 0.956. The summed E-state index contributed by atoms with van der Waals surface area (Å²) in [4.78, 5) is 10.5. The van der Waals surface area contributed by atoms with Gasteiger partial charge in [0.25, 0.3) is 0 Å². The van der Waals surface area contributed by atoms with Gasteiger partial charge < -0.3 is 9.84 Å². The van der Waals surface area contributed by atoms with Crippen molar-refractivity contribution < 1.29 is 14.6 Å². The maximum atomic E-state index is 10.5. The number of carboxylic acids is 1. The molecule has 3 nitrogen and oxygen atoms in total. The number of carboxylic acid groups (broad SMARTS) is 1. The summed E-state index contributed by atoms with van der Waals surface area (Å²) in [6.45, 7) is 1.50. The van der Waals surface area contributed by atoms with Gasteiger partial charge in [-0.05, 0) is 24.6 Å². The van der Waals surface area contributed by atoms with E-state index in [0.717, 1.165) is 10.9 Å². The molecule has 1 aromatic rings. The Bertz CT molecular complexity index is 325. The molecule has 0 amide bonds. The van der Waals surface area contributed by atoms with Crippen molar-refractivity contribution in [1.82, 2.24) is 0 Å². The van der Waals surface area contributed by atoms with E-state index in [4.69, 9.17) is 9.84 Å². The van der Waals surface area contributed by atoms with Gasteiger partial charge in [-0.2, -0.15) is 0 Å². The second kappa shape index (κ2) is 5.00. The summed E-state index contributed by atoms with van der Waals surface area (Å²) in [5.41, 5.74) is 1.06. The number of halogens is 1. The monoisotopic (exact) mass is 258 g/mol. The number of carbonyl (C=O) groups is 1. The molecule has 1 atom stereocenters. The van der Waals surface area contributed by atoms with Crippen molar-refractivity contribution in [2.75, 3.05) is 0 Å². The molecule has 1 N–H and O–H groups in total. The lowest BCUT2D eigenvalue weighted by Crippen LogP contribution is -2.22. The number of benzene rings is 1. The molecule has 1 aromatic carbocycles. The molecule has 0 aromatic heterocycles.